The van der Waals surface area contributed by atoms with E-state index < -0.39 is 0 Å². The van der Waals surface area contributed by atoms with Crippen LogP contribution in [0.4, 0.5) is 0 Å². The van der Waals surface area contributed by atoms with Gasteiger partial charge in [-0.15, -0.1) is 0 Å². The van der Waals surface area contributed by atoms with Crippen molar-refractivity contribution in [3.05, 3.63) is 68.7 Å². The Kier molecular flexibility index (Phi) is 5.12. The van der Waals surface area contributed by atoms with Gasteiger partial charge in [0, 0.05) is 33.2 Å². The third-order valence-corrected chi connectivity index (χ3v) is 3.98. The van der Waals surface area contributed by atoms with Gasteiger partial charge in [-0.05, 0) is 36.8 Å². The van der Waals surface area contributed by atoms with E-state index in [1.165, 1.54) is 5.56 Å². The van der Waals surface area contributed by atoms with Crippen LogP contribution in [0.15, 0.2) is 42.5 Å². The van der Waals surface area contributed by atoms with Gasteiger partial charge >= 0.3 is 0 Å². The molecule has 19 heavy (non-hydrogen) atoms. The molecule has 0 amide bonds. The zero-order valence-corrected chi connectivity index (χ0v) is 12.7. The van der Waals surface area contributed by atoms with E-state index in [-0.39, 0.29) is 6.04 Å². The predicted molar refractivity (Wildman–Crippen MR) is 83.2 cm³/mol. The van der Waals surface area contributed by atoms with Crippen LogP contribution in [-0.2, 0) is 6.54 Å². The number of benzene rings is 2. The van der Waals surface area contributed by atoms with Crippen LogP contribution in [0.5, 0.6) is 0 Å². The Hall–Kier alpha value is -0.730. The number of halogens is 3. The maximum atomic E-state index is 6.14. The van der Waals surface area contributed by atoms with E-state index in [2.05, 4.69) is 12.2 Å². The average Bonchev–Trinajstić information content (AvgIpc) is 2.38. The van der Waals surface area contributed by atoms with Gasteiger partial charge in [0.2, 0.25) is 0 Å². The zero-order chi connectivity index (χ0) is 13.8. The summed E-state index contributed by atoms with van der Waals surface area (Å²) in [6, 6.07) is 13.5. The van der Waals surface area contributed by atoms with Crippen molar-refractivity contribution >= 4 is 34.8 Å². The van der Waals surface area contributed by atoms with E-state index in [4.69, 9.17) is 34.8 Å². The molecule has 1 N–H and O–H groups in total. The van der Waals surface area contributed by atoms with E-state index in [0.717, 1.165) is 10.6 Å². The second kappa shape index (κ2) is 6.62. The number of rotatable bonds is 4. The normalized spacial score (nSPS) is 12.4. The molecular weight excluding hydrogens is 301 g/mol. The summed E-state index contributed by atoms with van der Waals surface area (Å²) < 4.78 is 0. The van der Waals surface area contributed by atoms with Gasteiger partial charge in [0.15, 0.2) is 0 Å². The lowest BCUT2D eigenvalue weighted by molar-refractivity contribution is 0.575. The first-order chi connectivity index (χ1) is 9.08. The zero-order valence-electron chi connectivity index (χ0n) is 10.5. The Morgan fingerprint density at radius 3 is 2.11 bits per heavy atom. The number of hydrogen-bond acceptors (Lipinski definition) is 1. The first kappa shape index (κ1) is 14.7. The van der Waals surface area contributed by atoms with E-state index >= 15 is 0 Å². The number of nitrogens with one attached hydrogen (secondary N) is 1. The summed E-state index contributed by atoms with van der Waals surface area (Å²) in [6.45, 7) is 2.72. The molecule has 0 aliphatic heterocycles. The molecule has 0 fully saturated rings. The monoisotopic (exact) mass is 313 g/mol. The lowest BCUT2D eigenvalue weighted by atomic mass is 10.1. The standard InChI is InChI=1S/C15H14Cl3N/c1-10(11-5-7-12(16)8-6-11)19-9-13-14(17)3-2-4-15(13)18/h2-8,10,19H,9H2,1H3/t10-/m1/s1. The van der Waals surface area contributed by atoms with E-state index in [1.54, 1.807) is 0 Å². The summed E-state index contributed by atoms with van der Waals surface area (Å²) in [5.41, 5.74) is 2.10. The molecule has 0 saturated heterocycles. The fourth-order valence-electron chi connectivity index (χ4n) is 1.83. The summed E-state index contributed by atoms with van der Waals surface area (Å²) in [6.07, 6.45) is 0. The highest BCUT2D eigenvalue weighted by molar-refractivity contribution is 6.36. The van der Waals surface area contributed by atoms with Crippen LogP contribution >= 0.6 is 34.8 Å². The Morgan fingerprint density at radius 1 is 0.947 bits per heavy atom. The Balaban J connectivity index is 2.04. The second-order valence-corrected chi connectivity index (χ2v) is 5.61. The van der Waals surface area contributed by atoms with E-state index in [1.807, 2.05) is 42.5 Å². The first-order valence-electron chi connectivity index (χ1n) is 5.99. The van der Waals surface area contributed by atoms with E-state index in [9.17, 15) is 0 Å². The molecule has 0 unspecified atom stereocenters. The van der Waals surface area contributed by atoms with Gasteiger partial charge in [0.05, 0.1) is 0 Å². The van der Waals surface area contributed by atoms with Crippen molar-refractivity contribution in [2.45, 2.75) is 19.5 Å². The molecule has 4 heteroatoms. The topological polar surface area (TPSA) is 12.0 Å². The molecule has 2 aromatic rings. The summed E-state index contributed by atoms with van der Waals surface area (Å²) in [7, 11) is 0. The molecule has 0 bridgehead atoms. The van der Waals surface area contributed by atoms with Crippen molar-refractivity contribution < 1.29 is 0 Å². The van der Waals surface area contributed by atoms with Crippen molar-refractivity contribution in [3.63, 3.8) is 0 Å². The third-order valence-electron chi connectivity index (χ3n) is 3.02. The van der Waals surface area contributed by atoms with Crippen molar-refractivity contribution in [1.82, 2.24) is 5.32 Å². The highest BCUT2D eigenvalue weighted by Crippen LogP contribution is 2.25. The second-order valence-electron chi connectivity index (χ2n) is 4.35. The van der Waals surface area contributed by atoms with Crippen LogP contribution in [0.1, 0.15) is 24.1 Å². The molecular formula is C15H14Cl3N. The van der Waals surface area contributed by atoms with Gasteiger partial charge in [-0.1, -0.05) is 53.0 Å². The molecule has 0 aliphatic rings. The molecule has 0 saturated carbocycles. The van der Waals surface area contributed by atoms with Crippen molar-refractivity contribution in [2.75, 3.05) is 0 Å². The first-order valence-corrected chi connectivity index (χ1v) is 7.13. The van der Waals surface area contributed by atoms with Crippen molar-refractivity contribution in [1.29, 1.82) is 0 Å². The SMILES string of the molecule is C[C@@H](NCc1c(Cl)cccc1Cl)c1ccc(Cl)cc1. The van der Waals surface area contributed by atoms with Gasteiger partial charge in [-0.3, -0.25) is 0 Å². The molecule has 100 valence electrons. The van der Waals surface area contributed by atoms with Crippen LogP contribution in [0.3, 0.4) is 0 Å². The highest BCUT2D eigenvalue weighted by atomic mass is 35.5. The summed E-state index contributed by atoms with van der Waals surface area (Å²) >= 11 is 18.2. The van der Waals surface area contributed by atoms with Crippen LogP contribution in [0.2, 0.25) is 15.1 Å². The predicted octanol–water partition coefficient (Wildman–Crippen LogP) is 5.50. The van der Waals surface area contributed by atoms with Crippen LogP contribution in [0.25, 0.3) is 0 Å². The maximum absolute atomic E-state index is 6.14. The molecule has 1 atom stereocenters. The molecule has 0 aromatic heterocycles. The molecule has 0 radical (unpaired) electrons. The van der Waals surface area contributed by atoms with Crippen LogP contribution in [-0.4, -0.2) is 0 Å². The van der Waals surface area contributed by atoms with E-state index in [0.29, 0.717) is 16.6 Å². The van der Waals surface area contributed by atoms with Crippen LogP contribution < -0.4 is 5.32 Å². The lowest BCUT2D eigenvalue weighted by Crippen LogP contribution is -2.18. The minimum atomic E-state index is 0.199. The lowest BCUT2D eigenvalue weighted by Gasteiger charge is -2.15. The third kappa shape index (κ3) is 3.87. The quantitative estimate of drug-likeness (QED) is 0.786. The summed E-state index contributed by atoms with van der Waals surface area (Å²) in [5.74, 6) is 0. The average molecular weight is 315 g/mol. The van der Waals surface area contributed by atoms with Gasteiger partial charge in [-0.25, -0.2) is 0 Å². The summed E-state index contributed by atoms with van der Waals surface area (Å²) in [5, 5.41) is 5.51. The fourth-order valence-corrected chi connectivity index (χ4v) is 2.48. The van der Waals surface area contributed by atoms with Crippen molar-refractivity contribution in [2.24, 2.45) is 0 Å². The van der Waals surface area contributed by atoms with Gasteiger partial charge < -0.3 is 5.32 Å². The molecule has 2 rings (SSSR count). The molecule has 1 nitrogen and oxygen atoms in total. The molecule has 0 heterocycles. The van der Waals surface area contributed by atoms with Gasteiger partial charge in [0.25, 0.3) is 0 Å². The Bertz CT molecular complexity index is 532. The molecule has 2 aromatic carbocycles. The fraction of sp³-hybridized carbons (Fsp3) is 0.200. The Morgan fingerprint density at radius 2 is 1.53 bits per heavy atom. The summed E-state index contributed by atoms with van der Waals surface area (Å²) in [4.78, 5) is 0. The smallest absolute Gasteiger partial charge is 0.0465 e. The highest BCUT2D eigenvalue weighted by Gasteiger charge is 2.08. The number of hydrogen-bond donors (Lipinski definition) is 1. The minimum Gasteiger partial charge on any atom is -0.306 e. The van der Waals surface area contributed by atoms with Gasteiger partial charge in [0.1, 0.15) is 0 Å². The van der Waals surface area contributed by atoms with Crippen LogP contribution in [0, 0.1) is 0 Å². The van der Waals surface area contributed by atoms with Gasteiger partial charge in [-0.2, -0.15) is 0 Å². The molecule has 0 aliphatic carbocycles. The largest absolute Gasteiger partial charge is 0.306 e. The molecule has 0 spiro atoms. The Labute approximate surface area is 128 Å². The minimum absolute atomic E-state index is 0.199. The maximum Gasteiger partial charge on any atom is 0.0465 e. The van der Waals surface area contributed by atoms with Crippen molar-refractivity contribution in [3.8, 4) is 0 Å².